The molecule has 0 amide bonds. The summed E-state index contributed by atoms with van der Waals surface area (Å²) >= 11 is 0. The Morgan fingerprint density at radius 1 is 1.30 bits per heavy atom. The average Bonchev–Trinajstić information content (AvgIpc) is 3.22. The van der Waals surface area contributed by atoms with Crippen LogP contribution in [0.5, 0.6) is 0 Å². The summed E-state index contributed by atoms with van der Waals surface area (Å²) in [6.45, 7) is 3.03. The molecule has 8 nitrogen and oxygen atoms in total. The first-order chi connectivity index (χ1) is 14.3. The van der Waals surface area contributed by atoms with E-state index in [0.717, 1.165) is 55.4 Å². The van der Waals surface area contributed by atoms with E-state index in [-0.39, 0.29) is 23.7 Å². The minimum absolute atomic E-state index is 0.0356. The lowest BCUT2D eigenvalue weighted by Gasteiger charge is -2.40. The smallest absolute Gasteiger partial charge is 0.214 e. The molecule has 1 saturated heterocycles. The fourth-order valence-electron chi connectivity index (χ4n) is 5.05. The number of aromatic nitrogens is 3. The Bertz CT molecular complexity index is 970. The summed E-state index contributed by atoms with van der Waals surface area (Å²) in [5, 5.41) is 10.7. The van der Waals surface area contributed by atoms with Crippen LogP contribution in [0, 0.1) is 11.3 Å². The minimum Gasteiger partial charge on any atom is -0.396 e. The predicted octanol–water partition coefficient (Wildman–Crippen LogP) is 2.38. The van der Waals surface area contributed by atoms with E-state index in [4.69, 9.17) is 0 Å². The SMILES string of the molecule is CN(c1ncnc2[nH]ccc12)[C@H]1CC[C@H](CS(=O)(=O)N2CCCC(C)(CO)C2)CC1. The van der Waals surface area contributed by atoms with Crippen molar-refractivity contribution in [1.29, 1.82) is 0 Å². The molecule has 3 heterocycles. The van der Waals surface area contributed by atoms with Crippen molar-refractivity contribution >= 4 is 26.9 Å². The number of aliphatic hydroxyl groups excluding tert-OH is 1. The summed E-state index contributed by atoms with van der Waals surface area (Å²) in [5.41, 5.74) is 0.523. The van der Waals surface area contributed by atoms with E-state index in [1.165, 1.54) is 0 Å². The molecule has 1 saturated carbocycles. The van der Waals surface area contributed by atoms with Gasteiger partial charge >= 0.3 is 0 Å². The predicted molar refractivity (Wildman–Crippen MR) is 118 cm³/mol. The summed E-state index contributed by atoms with van der Waals surface area (Å²) in [6.07, 6.45) is 8.89. The Labute approximate surface area is 178 Å². The number of hydrogen-bond donors (Lipinski definition) is 2. The van der Waals surface area contributed by atoms with Crippen LogP contribution >= 0.6 is 0 Å². The molecule has 0 spiro atoms. The summed E-state index contributed by atoms with van der Waals surface area (Å²) < 4.78 is 27.7. The lowest BCUT2D eigenvalue weighted by atomic mass is 9.84. The van der Waals surface area contributed by atoms with E-state index in [1.54, 1.807) is 10.6 Å². The van der Waals surface area contributed by atoms with Gasteiger partial charge in [0.15, 0.2) is 0 Å². The van der Waals surface area contributed by atoms with E-state index >= 15 is 0 Å². The number of rotatable bonds is 6. The first-order valence-corrected chi connectivity index (χ1v) is 12.5. The number of piperidine rings is 1. The highest BCUT2D eigenvalue weighted by Crippen LogP contribution is 2.34. The van der Waals surface area contributed by atoms with Gasteiger partial charge in [-0.25, -0.2) is 22.7 Å². The number of anilines is 1. The van der Waals surface area contributed by atoms with E-state index in [1.807, 2.05) is 19.2 Å². The highest BCUT2D eigenvalue weighted by atomic mass is 32.2. The second-order valence-corrected chi connectivity index (χ2v) is 11.4. The summed E-state index contributed by atoms with van der Waals surface area (Å²) in [4.78, 5) is 14.1. The van der Waals surface area contributed by atoms with Crippen LogP contribution in [-0.4, -0.2) is 71.3 Å². The number of fused-ring (bicyclic) bond motifs is 1. The van der Waals surface area contributed by atoms with E-state index < -0.39 is 10.0 Å². The van der Waals surface area contributed by atoms with Crippen molar-refractivity contribution in [2.45, 2.75) is 51.5 Å². The average molecular weight is 436 g/mol. The fraction of sp³-hybridized carbons (Fsp3) is 0.714. The molecule has 0 aromatic carbocycles. The number of nitrogens with zero attached hydrogens (tertiary/aromatic N) is 4. The molecule has 2 aromatic rings. The lowest BCUT2D eigenvalue weighted by molar-refractivity contribution is 0.0808. The van der Waals surface area contributed by atoms with Crippen LogP contribution in [0.1, 0.15) is 45.4 Å². The van der Waals surface area contributed by atoms with E-state index in [0.29, 0.717) is 19.1 Å². The van der Waals surface area contributed by atoms with Crippen LogP contribution in [-0.2, 0) is 10.0 Å². The van der Waals surface area contributed by atoms with Gasteiger partial charge in [-0.2, -0.15) is 0 Å². The van der Waals surface area contributed by atoms with Crippen LogP contribution in [0.2, 0.25) is 0 Å². The van der Waals surface area contributed by atoms with Gasteiger partial charge in [-0.1, -0.05) is 6.92 Å². The number of aliphatic hydroxyl groups is 1. The third-order valence-corrected chi connectivity index (χ3v) is 8.99. The number of H-pyrrole nitrogens is 1. The van der Waals surface area contributed by atoms with Gasteiger partial charge in [-0.3, -0.25) is 0 Å². The largest absolute Gasteiger partial charge is 0.396 e. The van der Waals surface area contributed by atoms with Crippen molar-refractivity contribution in [3.8, 4) is 0 Å². The Morgan fingerprint density at radius 3 is 2.80 bits per heavy atom. The Morgan fingerprint density at radius 2 is 2.07 bits per heavy atom. The zero-order chi connectivity index (χ0) is 21.4. The van der Waals surface area contributed by atoms with Crippen molar-refractivity contribution in [2.24, 2.45) is 11.3 Å². The molecule has 0 bridgehead atoms. The molecule has 1 atom stereocenters. The second-order valence-electron chi connectivity index (χ2n) is 9.41. The zero-order valence-electron chi connectivity index (χ0n) is 17.9. The van der Waals surface area contributed by atoms with Crippen LogP contribution in [0.4, 0.5) is 5.82 Å². The molecule has 1 aliphatic heterocycles. The van der Waals surface area contributed by atoms with E-state index in [9.17, 15) is 13.5 Å². The molecular weight excluding hydrogens is 402 g/mol. The fourth-order valence-corrected chi connectivity index (χ4v) is 7.10. The molecule has 166 valence electrons. The molecular formula is C21H33N5O3S. The van der Waals surface area contributed by atoms with Crippen molar-refractivity contribution < 1.29 is 13.5 Å². The highest BCUT2D eigenvalue weighted by Gasteiger charge is 2.37. The number of hydrogen-bond acceptors (Lipinski definition) is 6. The molecule has 0 radical (unpaired) electrons. The number of aromatic amines is 1. The van der Waals surface area contributed by atoms with Crippen LogP contribution in [0.3, 0.4) is 0 Å². The molecule has 2 aromatic heterocycles. The van der Waals surface area contributed by atoms with Gasteiger partial charge in [0.2, 0.25) is 10.0 Å². The maximum atomic E-state index is 13.0. The molecule has 1 aliphatic carbocycles. The maximum Gasteiger partial charge on any atom is 0.214 e. The van der Waals surface area contributed by atoms with Gasteiger partial charge in [0.05, 0.1) is 11.1 Å². The second kappa shape index (κ2) is 8.43. The van der Waals surface area contributed by atoms with Crippen LogP contribution in [0.15, 0.2) is 18.6 Å². The molecule has 2 aliphatic rings. The summed E-state index contributed by atoms with van der Waals surface area (Å²) in [6, 6.07) is 2.35. The normalized spacial score (nSPS) is 28.6. The molecule has 30 heavy (non-hydrogen) atoms. The van der Waals surface area contributed by atoms with Crippen molar-refractivity contribution in [2.75, 3.05) is 37.4 Å². The van der Waals surface area contributed by atoms with Gasteiger partial charge in [0.25, 0.3) is 0 Å². The molecule has 9 heteroatoms. The highest BCUT2D eigenvalue weighted by molar-refractivity contribution is 7.89. The maximum absolute atomic E-state index is 13.0. The number of nitrogens with one attached hydrogen (secondary N) is 1. The van der Waals surface area contributed by atoms with Gasteiger partial charge in [-0.05, 0) is 50.5 Å². The zero-order valence-corrected chi connectivity index (χ0v) is 18.7. The Balaban J connectivity index is 1.36. The molecule has 2 N–H and O–H groups in total. The third-order valence-electron chi connectivity index (χ3n) is 7.00. The minimum atomic E-state index is -3.29. The third kappa shape index (κ3) is 4.33. The van der Waals surface area contributed by atoms with Crippen molar-refractivity contribution in [1.82, 2.24) is 19.3 Å². The topological polar surface area (TPSA) is 102 Å². The standard InChI is InChI=1S/C21H33N5O3S/c1-21(14-27)9-3-11-26(13-21)30(28,29)12-16-4-6-17(7-5-16)25(2)20-18-8-10-22-19(18)23-15-24-20/h8,10,15-17,27H,3-7,9,11-14H2,1-2H3,(H,22,23,24)/t16-,17-,21?. The summed E-state index contributed by atoms with van der Waals surface area (Å²) in [5.74, 6) is 1.34. The van der Waals surface area contributed by atoms with Crippen molar-refractivity contribution in [3.05, 3.63) is 18.6 Å². The van der Waals surface area contributed by atoms with Gasteiger partial charge in [0.1, 0.15) is 17.8 Å². The first-order valence-electron chi connectivity index (χ1n) is 10.9. The van der Waals surface area contributed by atoms with Gasteiger partial charge in [0, 0.05) is 44.4 Å². The lowest BCUT2D eigenvalue weighted by Crippen LogP contribution is -2.48. The Kier molecular flexibility index (Phi) is 6.05. The molecule has 2 fully saturated rings. The van der Waals surface area contributed by atoms with Crippen LogP contribution in [0.25, 0.3) is 11.0 Å². The van der Waals surface area contributed by atoms with Crippen LogP contribution < -0.4 is 4.90 Å². The first kappa shape index (κ1) is 21.5. The Hall–Kier alpha value is -1.71. The molecule has 1 unspecified atom stereocenters. The van der Waals surface area contributed by atoms with Gasteiger partial charge < -0.3 is 15.0 Å². The van der Waals surface area contributed by atoms with E-state index in [2.05, 4.69) is 26.9 Å². The number of sulfonamides is 1. The monoisotopic (exact) mass is 435 g/mol. The summed E-state index contributed by atoms with van der Waals surface area (Å²) in [7, 11) is -1.22. The quantitative estimate of drug-likeness (QED) is 0.722. The van der Waals surface area contributed by atoms with Gasteiger partial charge in [-0.15, -0.1) is 0 Å². The van der Waals surface area contributed by atoms with Crippen molar-refractivity contribution in [3.63, 3.8) is 0 Å². The molecule has 4 rings (SSSR count).